The maximum atomic E-state index is 10.9. The number of nitrogens with zero attached hydrogens (tertiary/aromatic N) is 1. The summed E-state index contributed by atoms with van der Waals surface area (Å²) in [4.78, 5) is 21.0. The van der Waals surface area contributed by atoms with Gasteiger partial charge in [-0.15, -0.1) is 0 Å². The molecule has 0 aliphatic rings. The molecule has 0 heterocycles. The van der Waals surface area contributed by atoms with Crippen molar-refractivity contribution in [3.63, 3.8) is 0 Å². The maximum Gasteiger partial charge on any atom is 0.336 e. The summed E-state index contributed by atoms with van der Waals surface area (Å²) in [5.41, 5.74) is -0.233. The molecule has 0 amide bonds. The van der Waals surface area contributed by atoms with Gasteiger partial charge in [-0.1, -0.05) is 0 Å². The van der Waals surface area contributed by atoms with Crippen LogP contribution >= 0.6 is 0 Å². The second-order valence-electron chi connectivity index (χ2n) is 3.61. The van der Waals surface area contributed by atoms with Crippen LogP contribution in [0.3, 0.4) is 0 Å². The van der Waals surface area contributed by atoms with Crippen LogP contribution in [0.4, 0.5) is 5.69 Å². The molecule has 1 aromatic rings. The van der Waals surface area contributed by atoms with Crippen molar-refractivity contribution in [1.82, 2.24) is 0 Å². The number of carboxylic acid groups (broad SMARTS) is 1. The van der Waals surface area contributed by atoms with E-state index in [0.29, 0.717) is 6.42 Å². The normalized spacial score (nSPS) is 10.1. The Hall–Kier alpha value is -2.15. The predicted molar refractivity (Wildman–Crippen MR) is 62.0 cm³/mol. The highest BCUT2D eigenvalue weighted by molar-refractivity contribution is 5.89. The van der Waals surface area contributed by atoms with Gasteiger partial charge in [-0.05, 0) is 13.0 Å². The van der Waals surface area contributed by atoms with Crippen molar-refractivity contribution in [3.8, 4) is 5.75 Å². The molecule has 0 unspecified atom stereocenters. The molecule has 0 aliphatic heterocycles. The first-order chi connectivity index (χ1) is 8.47. The first-order valence-corrected chi connectivity index (χ1v) is 5.23. The quantitative estimate of drug-likeness (QED) is 0.451. The molecule has 98 valence electrons. The summed E-state index contributed by atoms with van der Waals surface area (Å²) in [6, 6.07) is 2.23. The van der Waals surface area contributed by atoms with E-state index in [9.17, 15) is 14.9 Å². The van der Waals surface area contributed by atoms with Crippen molar-refractivity contribution >= 4 is 11.7 Å². The van der Waals surface area contributed by atoms with Crippen LogP contribution in [0.5, 0.6) is 5.75 Å². The number of carboxylic acids is 1. The summed E-state index contributed by atoms with van der Waals surface area (Å²) < 4.78 is 5.23. The summed E-state index contributed by atoms with van der Waals surface area (Å²) in [5, 5.41) is 28.3. The van der Waals surface area contributed by atoms with Gasteiger partial charge < -0.3 is 14.9 Å². The Kier molecular flexibility index (Phi) is 4.61. The monoisotopic (exact) mass is 255 g/mol. The smallest absolute Gasteiger partial charge is 0.336 e. The minimum Gasteiger partial charge on any atom is -0.493 e. The van der Waals surface area contributed by atoms with Crippen molar-refractivity contribution in [1.29, 1.82) is 0 Å². The molecule has 0 fully saturated rings. The van der Waals surface area contributed by atoms with Gasteiger partial charge in [0.05, 0.1) is 22.7 Å². The van der Waals surface area contributed by atoms with E-state index in [-0.39, 0.29) is 35.8 Å². The molecule has 0 bridgehead atoms. The lowest BCUT2D eigenvalue weighted by atomic mass is 10.1. The highest BCUT2D eigenvalue weighted by Crippen LogP contribution is 2.29. The Balaban J connectivity index is 3.14. The van der Waals surface area contributed by atoms with Gasteiger partial charge in [0.25, 0.3) is 5.69 Å². The lowest BCUT2D eigenvalue weighted by molar-refractivity contribution is -0.385. The van der Waals surface area contributed by atoms with Crippen LogP contribution in [-0.4, -0.2) is 34.3 Å². The van der Waals surface area contributed by atoms with Crippen molar-refractivity contribution in [2.45, 2.75) is 13.3 Å². The van der Waals surface area contributed by atoms with E-state index >= 15 is 0 Å². The van der Waals surface area contributed by atoms with E-state index in [1.54, 1.807) is 0 Å². The fourth-order valence-corrected chi connectivity index (χ4v) is 1.38. The van der Waals surface area contributed by atoms with Gasteiger partial charge in [0, 0.05) is 19.1 Å². The Morgan fingerprint density at radius 1 is 1.50 bits per heavy atom. The molecule has 1 rings (SSSR count). The summed E-state index contributed by atoms with van der Waals surface area (Å²) in [6.45, 7) is 1.58. The third-order valence-corrected chi connectivity index (χ3v) is 2.34. The minimum absolute atomic E-state index is 0.0697. The van der Waals surface area contributed by atoms with Gasteiger partial charge in [-0.2, -0.15) is 0 Å². The van der Waals surface area contributed by atoms with E-state index in [2.05, 4.69) is 0 Å². The molecule has 7 heteroatoms. The first-order valence-electron chi connectivity index (χ1n) is 5.23. The number of rotatable bonds is 6. The van der Waals surface area contributed by atoms with E-state index < -0.39 is 10.9 Å². The molecule has 2 N–H and O–H groups in total. The average molecular weight is 255 g/mol. The largest absolute Gasteiger partial charge is 0.493 e. The molecule has 1 aromatic carbocycles. The number of ether oxygens (including phenoxy) is 1. The fraction of sp³-hybridized carbons (Fsp3) is 0.364. The Labute approximate surface area is 103 Å². The number of nitro groups is 1. The van der Waals surface area contributed by atoms with E-state index in [4.69, 9.17) is 14.9 Å². The number of hydrogen-bond acceptors (Lipinski definition) is 5. The summed E-state index contributed by atoms with van der Waals surface area (Å²) in [5.74, 6) is -1.11. The minimum atomic E-state index is -1.26. The van der Waals surface area contributed by atoms with Crippen molar-refractivity contribution in [2.24, 2.45) is 0 Å². The molecule has 0 saturated heterocycles. The second-order valence-corrected chi connectivity index (χ2v) is 3.61. The van der Waals surface area contributed by atoms with Crippen LogP contribution < -0.4 is 4.74 Å². The molecule has 0 aromatic heterocycles. The lowest BCUT2D eigenvalue weighted by Gasteiger charge is -2.09. The number of benzene rings is 1. The van der Waals surface area contributed by atoms with Gasteiger partial charge in [0.2, 0.25) is 0 Å². The lowest BCUT2D eigenvalue weighted by Crippen LogP contribution is -2.05. The highest BCUT2D eigenvalue weighted by atomic mass is 16.6. The van der Waals surface area contributed by atoms with Crippen LogP contribution in [0.1, 0.15) is 22.3 Å². The molecular weight excluding hydrogens is 242 g/mol. The van der Waals surface area contributed by atoms with Gasteiger partial charge in [0.15, 0.2) is 0 Å². The topological polar surface area (TPSA) is 110 Å². The number of aliphatic hydroxyl groups is 1. The Bertz CT molecular complexity index is 471. The molecule has 18 heavy (non-hydrogen) atoms. The predicted octanol–water partition coefficient (Wildman–Crippen LogP) is 1.36. The van der Waals surface area contributed by atoms with Crippen LogP contribution in [0.2, 0.25) is 0 Å². The van der Waals surface area contributed by atoms with E-state index in [0.717, 1.165) is 6.07 Å². The number of hydrogen-bond donors (Lipinski definition) is 2. The average Bonchev–Trinajstić information content (AvgIpc) is 2.30. The molecule has 0 radical (unpaired) electrons. The van der Waals surface area contributed by atoms with Crippen LogP contribution in [-0.2, 0) is 0 Å². The first kappa shape index (κ1) is 13.9. The third kappa shape index (κ3) is 3.17. The van der Waals surface area contributed by atoms with Crippen LogP contribution in [0, 0.1) is 17.0 Å². The van der Waals surface area contributed by atoms with Gasteiger partial charge in [0.1, 0.15) is 5.75 Å². The molecule has 0 saturated carbocycles. The molecule has 0 atom stereocenters. The zero-order valence-corrected chi connectivity index (χ0v) is 9.75. The Morgan fingerprint density at radius 2 is 2.17 bits per heavy atom. The highest BCUT2D eigenvalue weighted by Gasteiger charge is 2.19. The van der Waals surface area contributed by atoms with Crippen LogP contribution in [0.15, 0.2) is 12.1 Å². The van der Waals surface area contributed by atoms with E-state index in [1.807, 2.05) is 0 Å². The zero-order chi connectivity index (χ0) is 13.7. The number of aliphatic hydroxyl groups excluding tert-OH is 1. The van der Waals surface area contributed by atoms with Gasteiger partial charge in [-0.3, -0.25) is 10.1 Å². The number of aromatic carboxylic acids is 1. The van der Waals surface area contributed by atoms with Crippen LogP contribution in [0.25, 0.3) is 0 Å². The fourth-order valence-electron chi connectivity index (χ4n) is 1.38. The summed E-state index contributed by atoms with van der Waals surface area (Å²) in [7, 11) is 0. The molecule has 0 aliphatic carbocycles. The Morgan fingerprint density at radius 3 is 2.67 bits per heavy atom. The van der Waals surface area contributed by atoms with E-state index in [1.165, 1.54) is 13.0 Å². The molecular formula is C11H13NO6. The van der Waals surface area contributed by atoms with Gasteiger partial charge in [-0.25, -0.2) is 4.79 Å². The standard InChI is InChI=1S/C11H13NO6/c1-7-9(12(16)17)5-8(11(14)15)6-10(7)18-4-2-3-13/h5-6,13H,2-4H2,1H3,(H,14,15). The van der Waals surface area contributed by atoms with Crippen molar-refractivity contribution in [3.05, 3.63) is 33.4 Å². The third-order valence-electron chi connectivity index (χ3n) is 2.34. The van der Waals surface area contributed by atoms with Crippen molar-refractivity contribution in [2.75, 3.05) is 13.2 Å². The van der Waals surface area contributed by atoms with Gasteiger partial charge >= 0.3 is 5.97 Å². The maximum absolute atomic E-state index is 10.9. The zero-order valence-electron chi connectivity index (χ0n) is 9.75. The summed E-state index contributed by atoms with van der Waals surface area (Å²) >= 11 is 0. The molecule has 7 nitrogen and oxygen atoms in total. The molecule has 0 spiro atoms. The second kappa shape index (κ2) is 5.97. The SMILES string of the molecule is Cc1c(OCCCO)cc(C(=O)O)cc1[N+](=O)[O-]. The summed E-state index contributed by atoms with van der Waals surface area (Å²) in [6.07, 6.45) is 0.366. The number of nitro benzene ring substituents is 1. The number of carbonyl (C=O) groups is 1. The van der Waals surface area contributed by atoms with Crippen molar-refractivity contribution < 1.29 is 24.7 Å².